The fourth-order valence-electron chi connectivity index (χ4n) is 2.35. The Balaban J connectivity index is 1.73. The van der Waals surface area contributed by atoms with E-state index < -0.39 is 0 Å². The summed E-state index contributed by atoms with van der Waals surface area (Å²) in [6.07, 6.45) is 3.49. The summed E-state index contributed by atoms with van der Waals surface area (Å²) < 4.78 is 13.1. The fourth-order valence-corrected chi connectivity index (χ4v) is 3.20. The average molecular weight is 290 g/mol. The molecule has 1 N–H and O–H groups in total. The lowest BCUT2D eigenvalue weighted by molar-refractivity contribution is 0.573. The van der Waals surface area contributed by atoms with Crippen LogP contribution in [0.4, 0.5) is 4.39 Å². The Bertz CT molecular complexity index is 560. The van der Waals surface area contributed by atoms with Crippen molar-refractivity contribution >= 4 is 11.3 Å². The summed E-state index contributed by atoms with van der Waals surface area (Å²) in [5, 5.41) is 6.83. The lowest BCUT2D eigenvalue weighted by Crippen LogP contribution is -2.24. The van der Waals surface area contributed by atoms with E-state index >= 15 is 0 Å². The second-order valence-electron chi connectivity index (χ2n) is 5.52. The third kappa shape index (κ3) is 3.64. The van der Waals surface area contributed by atoms with Crippen molar-refractivity contribution in [3.8, 4) is 0 Å². The molecule has 0 amide bonds. The molecule has 106 valence electrons. The second kappa shape index (κ2) is 6.02. The molecule has 1 aliphatic carbocycles. The highest BCUT2D eigenvalue weighted by Crippen LogP contribution is 2.25. The molecule has 1 heterocycles. The number of thiazole rings is 1. The van der Waals surface area contributed by atoms with Crippen molar-refractivity contribution in [3.63, 3.8) is 0 Å². The Kier molecular flexibility index (Phi) is 4.13. The van der Waals surface area contributed by atoms with Crippen LogP contribution in [0.3, 0.4) is 0 Å². The number of halogens is 1. The van der Waals surface area contributed by atoms with Gasteiger partial charge in [-0.1, -0.05) is 12.1 Å². The van der Waals surface area contributed by atoms with Crippen molar-refractivity contribution in [1.29, 1.82) is 0 Å². The zero-order chi connectivity index (χ0) is 13.9. The normalized spacial score (nSPS) is 16.3. The third-order valence-corrected chi connectivity index (χ3v) is 4.65. The molecule has 2 aromatic rings. The highest BCUT2D eigenvalue weighted by molar-refractivity contribution is 7.09. The van der Waals surface area contributed by atoms with Gasteiger partial charge in [-0.2, -0.15) is 0 Å². The molecule has 1 saturated carbocycles. The van der Waals surface area contributed by atoms with Gasteiger partial charge >= 0.3 is 0 Å². The zero-order valence-corrected chi connectivity index (χ0v) is 12.4. The molecule has 0 bridgehead atoms. The minimum absolute atomic E-state index is 0.173. The summed E-state index contributed by atoms with van der Waals surface area (Å²) >= 11 is 1.71. The number of nitrogens with zero attached hydrogens (tertiary/aromatic N) is 1. The van der Waals surface area contributed by atoms with E-state index in [4.69, 9.17) is 0 Å². The van der Waals surface area contributed by atoms with Crippen molar-refractivity contribution < 1.29 is 4.39 Å². The van der Waals surface area contributed by atoms with E-state index in [9.17, 15) is 4.39 Å². The Morgan fingerprint density at radius 2 is 2.10 bits per heavy atom. The van der Waals surface area contributed by atoms with E-state index in [2.05, 4.69) is 15.7 Å². The third-order valence-electron chi connectivity index (χ3n) is 3.66. The van der Waals surface area contributed by atoms with Crippen LogP contribution in [-0.4, -0.2) is 17.6 Å². The first-order valence-electron chi connectivity index (χ1n) is 7.10. The van der Waals surface area contributed by atoms with Gasteiger partial charge in [-0.15, -0.1) is 11.3 Å². The predicted octanol–water partition coefficient (Wildman–Crippen LogP) is 3.67. The van der Waals surface area contributed by atoms with Crippen LogP contribution in [0.15, 0.2) is 29.6 Å². The number of rotatable bonds is 6. The number of aryl methyl sites for hydroxylation is 1. The van der Waals surface area contributed by atoms with Crippen LogP contribution < -0.4 is 5.32 Å². The Morgan fingerprint density at radius 1 is 1.35 bits per heavy atom. The smallest absolute Gasteiger partial charge is 0.123 e. The van der Waals surface area contributed by atoms with Crippen LogP contribution in [-0.2, 0) is 6.42 Å². The molecular weight excluding hydrogens is 271 g/mol. The molecule has 2 nitrogen and oxygen atoms in total. The fraction of sp³-hybridized carbons (Fsp3) is 0.438. The van der Waals surface area contributed by atoms with Gasteiger partial charge in [0.25, 0.3) is 0 Å². The molecule has 1 aliphatic rings. The molecule has 20 heavy (non-hydrogen) atoms. The maximum absolute atomic E-state index is 13.1. The maximum Gasteiger partial charge on any atom is 0.123 e. The minimum atomic E-state index is -0.173. The number of aromatic nitrogens is 1. The van der Waals surface area contributed by atoms with E-state index in [0.29, 0.717) is 12.0 Å². The van der Waals surface area contributed by atoms with Crippen LogP contribution in [0, 0.1) is 12.7 Å². The maximum atomic E-state index is 13.1. The van der Waals surface area contributed by atoms with Gasteiger partial charge in [0.2, 0.25) is 0 Å². The lowest BCUT2D eigenvalue weighted by atomic mass is 9.96. The molecule has 3 rings (SSSR count). The van der Waals surface area contributed by atoms with Gasteiger partial charge in [0.1, 0.15) is 5.82 Å². The van der Waals surface area contributed by atoms with Crippen LogP contribution in [0.1, 0.15) is 35.0 Å². The van der Waals surface area contributed by atoms with Crippen LogP contribution >= 0.6 is 11.3 Å². The zero-order valence-electron chi connectivity index (χ0n) is 11.6. The summed E-state index contributed by atoms with van der Waals surface area (Å²) in [6, 6.07) is 7.58. The first-order chi connectivity index (χ1) is 9.70. The molecule has 1 atom stereocenters. The van der Waals surface area contributed by atoms with Crippen molar-refractivity contribution in [3.05, 3.63) is 51.7 Å². The summed E-state index contributed by atoms with van der Waals surface area (Å²) in [7, 11) is 0. The highest BCUT2D eigenvalue weighted by atomic mass is 32.1. The van der Waals surface area contributed by atoms with E-state index in [0.717, 1.165) is 23.7 Å². The topological polar surface area (TPSA) is 24.9 Å². The van der Waals surface area contributed by atoms with Crippen LogP contribution in [0.2, 0.25) is 0 Å². The first kappa shape index (κ1) is 13.7. The van der Waals surface area contributed by atoms with Gasteiger partial charge in [0.05, 0.1) is 5.01 Å². The molecule has 1 aromatic carbocycles. The Labute approximate surface area is 123 Å². The average Bonchev–Trinajstić information content (AvgIpc) is 3.18. The molecule has 1 fully saturated rings. The van der Waals surface area contributed by atoms with Crippen molar-refractivity contribution in [2.45, 2.75) is 38.1 Å². The second-order valence-corrected chi connectivity index (χ2v) is 6.46. The number of hydrogen-bond donors (Lipinski definition) is 1. The van der Waals surface area contributed by atoms with Crippen molar-refractivity contribution in [2.75, 3.05) is 6.54 Å². The van der Waals surface area contributed by atoms with E-state index in [-0.39, 0.29) is 5.82 Å². The molecular formula is C16H19FN2S. The number of hydrogen-bond acceptors (Lipinski definition) is 3. The predicted molar refractivity (Wildman–Crippen MR) is 80.7 cm³/mol. The molecule has 1 aromatic heterocycles. The SMILES string of the molecule is Cc1csc(CC(CNC2CC2)c2ccc(F)cc2)n1. The highest BCUT2D eigenvalue weighted by Gasteiger charge is 2.23. The van der Waals surface area contributed by atoms with Gasteiger partial charge in [0.15, 0.2) is 0 Å². The van der Waals surface area contributed by atoms with Crippen LogP contribution in [0.5, 0.6) is 0 Å². The first-order valence-corrected chi connectivity index (χ1v) is 7.98. The van der Waals surface area contributed by atoms with Crippen LogP contribution in [0.25, 0.3) is 0 Å². The van der Waals surface area contributed by atoms with Gasteiger partial charge in [-0.05, 0) is 37.5 Å². The standard InChI is InChI=1S/C16H19FN2S/c1-11-10-20-16(19-11)8-13(9-18-15-6-7-15)12-2-4-14(17)5-3-12/h2-5,10,13,15,18H,6-9H2,1H3. The van der Waals surface area contributed by atoms with Crippen molar-refractivity contribution in [2.24, 2.45) is 0 Å². The quantitative estimate of drug-likeness (QED) is 0.878. The molecule has 0 radical (unpaired) electrons. The monoisotopic (exact) mass is 290 g/mol. The summed E-state index contributed by atoms with van der Waals surface area (Å²) in [6.45, 7) is 2.96. The molecule has 1 unspecified atom stereocenters. The molecule has 0 spiro atoms. The van der Waals surface area contributed by atoms with E-state index in [1.807, 2.05) is 19.1 Å². The molecule has 4 heteroatoms. The molecule has 0 aliphatic heterocycles. The largest absolute Gasteiger partial charge is 0.313 e. The Hall–Kier alpha value is -1.26. The van der Waals surface area contributed by atoms with Crippen molar-refractivity contribution in [1.82, 2.24) is 10.3 Å². The van der Waals surface area contributed by atoms with E-state index in [1.165, 1.54) is 18.4 Å². The summed E-state index contributed by atoms with van der Waals surface area (Å²) in [4.78, 5) is 4.55. The molecule has 0 saturated heterocycles. The number of nitrogens with one attached hydrogen (secondary N) is 1. The van der Waals surface area contributed by atoms with Gasteiger partial charge < -0.3 is 5.32 Å². The lowest BCUT2D eigenvalue weighted by Gasteiger charge is -2.17. The summed E-state index contributed by atoms with van der Waals surface area (Å²) in [5.41, 5.74) is 2.27. The van der Waals surface area contributed by atoms with Gasteiger partial charge in [-0.25, -0.2) is 9.37 Å². The number of benzene rings is 1. The van der Waals surface area contributed by atoms with E-state index in [1.54, 1.807) is 23.5 Å². The van der Waals surface area contributed by atoms with Gasteiger partial charge in [0, 0.05) is 36.0 Å². The summed E-state index contributed by atoms with van der Waals surface area (Å²) in [5.74, 6) is 0.189. The minimum Gasteiger partial charge on any atom is -0.313 e. The Morgan fingerprint density at radius 3 is 2.70 bits per heavy atom. The van der Waals surface area contributed by atoms with Gasteiger partial charge in [-0.3, -0.25) is 0 Å².